The maximum atomic E-state index is 10.8. The molecule has 0 aliphatic carbocycles. The second-order valence-corrected chi connectivity index (χ2v) is 15.0. The molecule has 0 saturated carbocycles. The molecule has 218 valence electrons. The third-order valence-electron chi connectivity index (χ3n) is 5.63. The van der Waals surface area contributed by atoms with Crippen molar-refractivity contribution in [3.05, 3.63) is 95.4 Å². The fourth-order valence-corrected chi connectivity index (χ4v) is 3.76. The zero-order chi connectivity index (χ0) is 29.8. The number of hydrogen-bond acceptors (Lipinski definition) is 4. The first-order valence-corrected chi connectivity index (χ1v) is 19.2. The summed E-state index contributed by atoms with van der Waals surface area (Å²) in [6, 6.07) is 18.4. The van der Waals surface area contributed by atoms with E-state index >= 15 is 0 Å². The fraction of sp³-hybridized carbons (Fsp3) is 0.364. The summed E-state index contributed by atoms with van der Waals surface area (Å²) in [4.78, 5) is 9.44. The fourth-order valence-electron chi connectivity index (χ4n) is 3.76. The molecule has 0 aromatic heterocycles. The van der Waals surface area contributed by atoms with E-state index in [-0.39, 0.29) is 30.6 Å². The molecule has 40 heavy (non-hydrogen) atoms. The average Bonchev–Trinajstić information content (AvgIpc) is 2.83. The van der Waals surface area contributed by atoms with Gasteiger partial charge in [-0.3, -0.25) is 9.98 Å². The van der Waals surface area contributed by atoms with Gasteiger partial charge in [0.2, 0.25) is 0 Å². The van der Waals surface area contributed by atoms with Crippen LogP contribution in [0.4, 0.5) is 11.4 Å². The molecule has 4 nitrogen and oxygen atoms in total. The summed E-state index contributed by atoms with van der Waals surface area (Å²) in [5.74, 6) is 0.285. The molecule has 0 heterocycles. The van der Waals surface area contributed by atoms with Crippen molar-refractivity contribution in [1.29, 1.82) is 0 Å². The Morgan fingerprint density at radius 2 is 1.27 bits per heavy atom. The van der Waals surface area contributed by atoms with E-state index < -0.39 is 20.8 Å². The number of aliphatic hydroxyl groups excluding tert-OH is 1. The summed E-state index contributed by atoms with van der Waals surface area (Å²) in [5, 5.41) is 18.4. The minimum absolute atomic E-state index is 0. The van der Waals surface area contributed by atoms with Gasteiger partial charge in [-0.05, 0) is 72.6 Å². The van der Waals surface area contributed by atoms with Gasteiger partial charge in [0.1, 0.15) is 5.75 Å². The summed E-state index contributed by atoms with van der Waals surface area (Å²) in [6.45, 7) is 19.0. The molecule has 0 saturated heterocycles. The number of aliphatic imine (C=N–C) groups is 2. The van der Waals surface area contributed by atoms with E-state index in [1.54, 1.807) is 13.1 Å². The van der Waals surface area contributed by atoms with Crippen molar-refractivity contribution in [2.75, 3.05) is 6.61 Å². The quantitative estimate of drug-likeness (QED) is 0.216. The molecule has 7 heteroatoms. The van der Waals surface area contributed by atoms with Crippen LogP contribution < -0.4 is 0 Å². The Bertz CT molecular complexity index is 1260. The number of aromatic hydroxyl groups is 1. The molecule has 0 bridgehead atoms. The van der Waals surface area contributed by atoms with Crippen LogP contribution in [-0.2, 0) is 31.7 Å². The number of nitrogens with zero attached hydrogens (tertiary/aromatic N) is 2. The molecule has 0 radical (unpaired) electrons. The standard InChI is InChI=1S/C30H36N2O.C2H6O.CH3.2ClH.Zr/c1-20-13-22(17-24(15-20)29(3,4)5)18-31-26-11-9-10-12-27(26)32-19-23-14-21(2)16-25(28(23)33)30(6,7)8;1-2-3;;;;/h9-19,33H,1-8H3;3H,2H2,1H3;1H3;2*1H;/q;;-1;;;+2/p-2. The van der Waals surface area contributed by atoms with E-state index in [2.05, 4.69) is 71.7 Å². The normalized spacial score (nSPS) is 11.3. The van der Waals surface area contributed by atoms with Crippen molar-refractivity contribution in [1.82, 2.24) is 0 Å². The van der Waals surface area contributed by atoms with Gasteiger partial charge in [-0.1, -0.05) is 77.4 Å². The van der Waals surface area contributed by atoms with Crippen LogP contribution >= 0.6 is 17.0 Å². The SMILES string of the molecule is CCO.Cc1cc(C=Nc2ccccc2N=Cc2cc(C)cc(C(C)(C)C)c2O)cc(C(C)(C)C)c1.[CH3-].[Cl][Zr][Cl]. The molecule has 0 fully saturated rings. The number of benzene rings is 3. The second-order valence-electron chi connectivity index (χ2n) is 11.3. The zero-order valence-corrected chi connectivity index (χ0v) is 29.6. The van der Waals surface area contributed by atoms with Crippen molar-refractivity contribution in [3.63, 3.8) is 0 Å². The number of aryl methyl sites for hydroxylation is 2. The van der Waals surface area contributed by atoms with Crippen molar-refractivity contribution >= 4 is 40.8 Å². The molecule has 0 unspecified atom stereocenters. The molecule has 2 N–H and O–H groups in total. The molecule has 0 spiro atoms. The summed E-state index contributed by atoms with van der Waals surface area (Å²) in [7, 11) is 9.87. The molecule has 3 aromatic rings. The number of phenols is 1. The van der Waals surface area contributed by atoms with Gasteiger partial charge < -0.3 is 17.6 Å². The Morgan fingerprint density at radius 3 is 1.75 bits per heavy atom. The number of para-hydroxylation sites is 2. The molecule has 0 aliphatic rings. The van der Waals surface area contributed by atoms with Gasteiger partial charge in [0.15, 0.2) is 0 Å². The molecule has 0 amide bonds. The average molecular weight is 664 g/mol. The van der Waals surface area contributed by atoms with Gasteiger partial charge in [-0.15, -0.1) is 0 Å². The minimum atomic E-state index is -0.826. The third-order valence-corrected chi connectivity index (χ3v) is 5.63. The summed E-state index contributed by atoms with van der Waals surface area (Å²) >= 11 is -0.826. The van der Waals surface area contributed by atoms with E-state index in [1.807, 2.05) is 49.5 Å². The van der Waals surface area contributed by atoms with Crippen LogP contribution in [0.3, 0.4) is 0 Å². The Kier molecular flexibility index (Phi) is 17.1. The van der Waals surface area contributed by atoms with Crippen molar-refractivity contribution in [3.8, 4) is 5.75 Å². The van der Waals surface area contributed by atoms with Crippen LogP contribution in [0, 0.1) is 21.3 Å². The topological polar surface area (TPSA) is 65.2 Å². The Morgan fingerprint density at radius 1 is 0.800 bits per heavy atom. The third kappa shape index (κ3) is 12.8. The van der Waals surface area contributed by atoms with E-state index in [9.17, 15) is 5.11 Å². The van der Waals surface area contributed by atoms with E-state index in [4.69, 9.17) is 27.1 Å². The van der Waals surface area contributed by atoms with Crippen LogP contribution in [0.25, 0.3) is 0 Å². The van der Waals surface area contributed by atoms with Gasteiger partial charge in [0.05, 0.1) is 11.4 Å². The summed E-state index contributed by atoms with van der Waals surface area (Å²) in [6.07, 6.45) is 3.63. The maximum absolute atomic E-state index is 10.8. The van der Waals surface area contributed by atoms with Gasteiger partial charge in [-0.2, -0.15) is 0 Å². The molecular formula is C33H45Cl2N2O2Zr-. The second kappa shape index (κ2) is 17.9. The number of phenolic OH excluding ortho intramolecular Hbond substituents is 1. The Hall–Kier alpha value is -1.78. The molecule has 0 aliphatic heterocycles. The van der Waals surface area contributed by atoms with Crippen LogP contribution in [0.15, 0.2) is 64.6 Å². The zero-order valence-electron chi connectivity index (χ0n) is 25.6. The number of halogens is 2. The Labute approximate surface area is 261 Å². The van der Waals surface area contributed by atoms with Gasteiger partial charge in [-0.25, -0.2) is 0 Å². The Balaban J connectivity index is 0.00000199. The predicted octanol–water partition coefficient (Wildman–Crippen LogP) is 9.93. The van der Waals surface area contributed by atoms with Crippen molar-refractivity contribution < 1.29 is 31.1 Å². The van der Waals surface area contributed by atoms with Crippen molar-refractivity contribution in [2.24, 2.45) is 9.98 Å². The molecule has 0 atom stereocenters. The first kappa shape index (κ1) is 38.2. The van der Waals surface area contributed by atoms with E-state index in [0.717, 1.165) is 28.1 Å². The summed E-state index contributed by atoms with van der Waals surface area (Å²) in [5.41, 5.74) is 7.80. The van der Waals surface area contributed by atoms with Crippen LogP contribution in [0.2, 0.25) is 0 Å². The van der Waals surface area contributed by atoms with E-state index in [0.29, 0.717) is 5.56 Å². The van der Waals surface area contributed by atoms with Gasteiger partial charge in [0.25, 0.3) is 0 Å². The van der Waals surface area contributed by atoms with Crippen molar-refractivity contribution in [2.45, 2.75) is 73.1 Å². The number of rotatable bonds is 4. The van der Waals surface area contributed by atoms with Crippen LogP contribution in [0.5, 0.6) is 5.75 Å². The molecule has 3 rings (SSSR count). The number of hydrogen-bond donors (Lipinski definition) is 2. The van der Waals surface area contributed by atoms with Crippen LogP contribution in [-0.4, -0.2) is 29.2 Å². The summed E-state index contributed by atoms with van der Waals surface area (Å²) < 4.78 is 0. The first-order valence-electron chi connectivity index (χ1n) is 12.9. The molecule has 3 aromatic carbocycles. The molecular weight excluding hydrogens is 619 g/mol. The first-order chi connectivity index (χ1) is 18.2. The van der Waals surface area contributed by atoms with Crippen LogP contribution in [0.1, 0.15) is 81.8 Å². The predicted molar refractivity (Wildman–Crippen MR) is 173 cm³/mol. The van der Waals surface area contributed by atoms with E-state index in [1.165, 1.54) is 11.1 Å². The van der Waals surface area contributed by atoms with Gasteiger partial charge in [0, 0.05) is 30.2 Å². The monoisotopic (exact) mass is 661 g/mol. The number of aliphatic hydroxyl groups is 1. The van der Waals surface area contributed by atoms with Gasteiger partial charge >= 0.3 is 37.9 Å².